The molecule has 19 heavy (non-hydrogen) atoms. The van der Waals surface area contributed by atoms with E-state index >= 15 is 0 Å². The molecule has 0 amide bonds. The van der Waals surface area contributed by atoms with Gasteiger partial charge in [0.1, 0.15) is 5.69 Å². The van der Waals surface area contributed by atoms with Gasteiger partial charge in [-0.3, -0.25) is 4.79 Å². The summed E-state index contributed by atoms with van der Waals surface area (Å²) in [7, 11) is 0. The molecule has 0 unspecified atom stereocenters. The predicted octanol–water partition coefficient (Wildman–Crippen LogP) is 2.35. The zero-order valence-electron chi connectivity index (χ0n) is 9.30. The van der Waals surface area contributed by atoms with Crippen molar-refractivity contribution in [1.82, 2.24) is 15.0 Å². The van der Waals surface area contributed by atoms with Crippen molar-refractivity contribution >= 4 is 5.78 Å². The summed E-state index contributed by atoms with van der Waals surface area (Å²) in [5.41, 5.74) is -0.426. The number of aromatic nitrogens is 3. The van der Waals surface area contributed by atoms with Crippen LogP contribution < -0.4 is 0 Å². The van der Waals surface area contributed by atoms with Crippen LogP contribution in [0.1, 0.15) is 10.5 Å². The minimum absolute atomic E-state index is 0.272. The van der Waals surface area contributed by atoms with Crippen molar-refractivity contribution in [3.63, 3.8) is 0 Å². The standard InChI is InChI=1S/C11H7F4N3O/c12-10(13)11(14,15)9(19)8-6-16-17-18(8)7-4-2-1-3-5-7/h1-6,10H. The first kappa shape index (κ1) is 13.2. The zero-order valence-corrected chi connectivity index (χ0v) is 9.30. The second-order valence-electron chi connectivity index (χ2n) is 3.62. The fraction of sp³-hybridized carbons (Fsp3) is 0.182. The molecule has 1 aromatic heterocycles. The van der Waals surface area contributed by atoms with Crippen molar-refractivity contribution in [3.05, 3.63) is 42.2 Å². The lowest BCUT2D eigenvalue weighted by atomic mass is 10.1. The highest BCUT2D eigenvalue weighted by Gasteiger charge is 2.50. The Bertz CT molecular complexity index is 583. The molecule has 0 spiro atoms. The first-order valence-corrected chi connectivity index (χ1v) is 5.11. The van der Waals surface area contributed by atoms with Crippen molar-refractivity contribution in [2.75, 3.05) is 0 Å². The van der Waals surface area contributed by atoms with E-state index in [0.717, 1.165) is 10.9 Å². The van der Waals surface area contributed by atoms with E-state index in [1.165, 1.54) is 12.1 Å². The van der Waals surface area contributed by atoms with Crippen molar-refractivity contribution in [2.45, 2.75) is 12.3 Å². The van der Waals surface area contributed by atoms with E-state index in [1.807, 2.05) is 0 Å². The summed E-state index contributed by atoms with van der Waals surface area (Å²) in [6.45, 7) is 0. The molecule has 2 aromatic rings. The van der Waals surface area contributed by atoms with E-state index in [1.54, 1.807) is 18.2 Å². The molecule has 0 aliphatic carbocycles. The van der Waals surface area contributed by atoms with E-state index < -0.39 is 23.8 Å². The van der Waals surface area contributed by atoms with Crippen LogP contribution >= 0.6 is 0 Å². The normalized spacial score (nSPS) is 11.8. The van der Waals surface area contributed by atoms with Crippen LogP contribution in [-0.4, -0.2) is 33.1 Å². The van der Waals surface area contributed by atoms with Gasteiger partial charge in [-0.2, -0.15) is 8.78 Å². The highest BCUT2D eigenvalue weighted by molar-refractivity contribution is 6.00. The number of ketones is 1. The molecule has 0 fully saturated rings. The maximum absolute atomic E-state index is 13.0. The number of nitrogens with zero attached hydrogens (tertiary/aromatic N) is 3. The molecule has 0 radical (unpaired) electrons. The van der Waals surface area contributed by atoms with Gasteiger partial charge < -0.3 is 0 Å². The number of benzene rings is 1. The summed E-state index contributed by atoms with van der Waals surface area (Å²) >= 11 is 0. The fourth-order valence-corrected chi connectivity index (χ4v) is 1.42. The summed E-state index contributed by atoms with van der Waals surface area (Å²) < 4.78 is 51.2. The molecule has 0 aliphatic heterocycles. The Balaban J connectivity index is 2.44. The summed E-state index contributed by atoms with van der Waals surface area (Å²) in [5.74, 6) is -6.79. The molecule has 4 nitrogen and oxygen atoms in total. The van der Waals surface area contributed by atoms with Gasteiger partial charge in [0.25, 0.3) is 5.78 Å². The Hall–Kier alpha value is -2.25. The molecule has 0 saturated carbocycles. The van der Waals surface area contributed by atoms with Crippen molar-refractivity contribution < 1.29 is 22.4 Å². The molecular weight excluding hydrogens is 266 g/mol. The maximum atomic E-state index is 13.0. The second kappa shape index (κ2) is 4.79. The average Bonchev–Trinajstić information content (AvgIpc) is 2.87. The molecule has 0 atom stereocenters. The van der Waals surface area contributed by atoms with Gasteiger partial charge in [-0.05, 0) is 12.1 Å². The lowest BCUT2D eigenvalue weighted by Gasteiger charge is -2.13. The number of rotatable bonds is 4. The highest BCUT2D eigenvalue weighted by Crippen LogP contribution is 2.27. The van der Waals surface area contributed by atoms with Gasteiger partial charge in [-0.15, -0.1) is 5.10 Å². The van der Waals surface area contributed by atoms with E-state index in [2.05, 4.69) is 10.3 Å². The first-order valence-electron chi connectivity index (χ1n) is 5.11. The lowest BCUT2D eigenvalue weighted by Crippen LogP contribution is -2.37. The van der Waals surface area contributed by atoms with Crippen LogP contribution in [0.2, 0.25) is 0 Å². The Morgan fingerprint density at radius 2 is 1.84 bits per heavy atom. The van der Waals surface area contributed by atoms with E-state index in [9.17, 15) is 22.4 Å². The van der Waals surface area contributed by atoms with Gasteiger partial charge in [0.05, 0.1) is 11.9 Å². The molecule has 0 bridgehead atoms. The van der Waals surface area contributed by atoms with Gasteiger partial charge in [-0.1, -0.05) is 23.4 Å². The topological polar surface area (TPSA) is 47.8 Å². The summed E-state index contributed by atoms with van der Waals surface area (Å²) in [4.78, 5) is 11.4. The molecule has 8 heteroatoms. The third-order valence-corrected chi connectivity index (χ3v) is 2.36. The Kier molecular flexibility index (Phi) is 3.32. The number of hydrogen-bond donors (Lipinski definition) is 0. The number of carbonyl (C=O) groups excluding carboxylic acids is 1. The summed E-state index contributed by atoms with van der Waals surface area (Å²) in [5, 5.41) is 6.75. The smallest absolute Gasteiger partial charge is 0.285 e. The molecular formula is C11H7F4N3O. The Morgan fingerprint density at radius 1 is 1.21 bits per heavy atom. The van der Waals surface area contributed by atoms with Crippen LogP contribution in [0.5, 0.6) is 0 Å². The SMILES string of the molecule is O=C(c1cnnn1-c1ccccc1)C(F)(F)C(F)F. The number of carbonyl (C=O) groups is 1. The predicted molar refractivity (Wildman–Crippen MR) is 56.6 cm³/mol. The quantitative estimate of drug-likeness (QED) is 0.634. The highest BCUT2D eigenvalue weighted by atomic mass is 19.3. The van der Waals surface area contributed by atoms with Gasteiger partial charge in [0.15, 0.2) is 0 Å². The Morgan fingerprint density at radius 3 is 2.42 bits per heavy atom. The van der Waals surface area contributed by atoms with Gasteiger partial charge in [-0.25, -0.2) is 13.5 Å². The number of alkyl halides is 4. The number of Topliss-reactive ketones (excluding diaryl/α,β-unsaturated/α-hetero) is 1. The Labute approximate surface area is 104 Å². The molecule has 100 valence electrons. The largest absolute Gasteiger partial charge is 0.370 e. The fourth-order valence-electron chi connectivity index (χ4n) is 1.42. The maximum Gasteiger partial charge on any atom is 0.370 e. The van der Waals surface area contributed by atoms with E-state index in [-0.39, 0.29) is 5.69 Å². The molecule has 2 rings (SSSR count). The van der Waals surface area contributed by atoms with Crippen LogP contribution in [0.25, 0.3) is 5.69 Å². The van der Waals surface area contributed by atoms with Crippen LogP contribution in [0.4, 0.5) is 17.6 Å². The lowest BCUT2D eigenvalue weighted by molar-refractivity contribution is -0.0961. The summed E-state index contributed by atoms with van der Waals surface area (Å²) in [6.07, 6.45) is -3.36. The first-order chi connectivity index (χ1) is 8.94. The van der Waals surface area contributed by atoms with Crippen LogP contribution in [0.15, 0.2) is 36.5 Å². The zero-order chi connectivity index (χ0) is 14.0. The number of para-hydroxylation sites is 1. The van der Waals surface area contributed by atoms with Gasteiger partial charge >= 0.3 is 12.3 Å². The van der Waals surface area contributed by atoms with Crippen molar-refractivity contribution in [3.8, 4) is 5.69 Å². The van der Waals surface area contributed by atoms with E-state index in [0.29, 0.717) is 0 Å². The second-order valence-corrected chi connectivity index (χ2v) is 3.62. The third kappa shape index (κ3) is 2.33. The molecule has 0 aliphatic rings. The third-order valence-electron chi connectivity index (χ3n) is 2.36. The van der Waals surface area contributed by atoms with Gasteiger partial charge in [0.2, 0.25) is 0 Å². The van der Waals surface area contributed by atoms with Crippen LogP contribution in [0, 0.1) is 0 Å². The molecule has 0 N–H and O–H groups in total. The number of halogens is 4. The van der Waals surface area contributed by atoms with E-state index in [4.69, 9.17) is 0 Å². The molecule has 1 heterocycles. The molecule has 0 saturated heterocycles. The average molecular weight is 273 g/mol. The number of hydrogen-bond acceptors (Lipinski definition) is 3. The van der Waals surface area contributed by atoms with Crippen LogP contribution in [0.3, 0.4) is 0 Å². The minimum Gasteiger partial charge on any atom is -0.285 e. The van der Waals surface area contributed by atoms with Crippen molar-refractivity contribution in [1.29, 1.82) is 0 Å². The monoisotopic (exact) mass is 273 g/mol. The van der Waals surface area contributed by atoms with Gasteiger partial charge in [0, 0.05) is 0 Å². The summed E-state index contributed by atoms with van der Waals surface area (Å²) in [6, 6.07) is 7.78. The van der Waals surface area contributed by atoms with Crippen LogP contribution in [-0.2, 0) is 0 Å². The minimum atomic E-state index is -4.77. The molecule has 1 aromatic carbocycles. The van der Waals surface area contributed by atoms with Crippen molar-refractivity contribution in [2.24, 2.45) is 0 Å².